The van der Waals surface area contributed by atoms with Gasteiger partial charge in [-0.25, -0.2) is 4.39 Å². The van der Waals surface area contributed by atoms with Crippen LogP contribution in [0, 0.1) is 5.82 Å². The van der Waals surface area contributed by atoms with Gasteiger partial charge in [-0.15, -0.1) is 0 Å². The standard InChI is InChI=1S/C15H19ClFNO2/c16-10-8-11-14(20-7-3-6-19-11)12(13(10)17)15(9-18)4-1-2-5-15/h8H,1-7,9,18H2. The van der Waals surface area contributed by atoms with Crippen LogP contribution in [0.2, 0.25) is 5.02 Å². The average Bonchev–Trinajstić information content (AvgIpc) is 2.81. The molecule has 0 spiro atoms. The van der Waals surface area contributed by atoms with Gasteiger partial charge in [0.15, 0.2) is 11.5 Å². The molecule has 110 valence electrons. The Hall–Kier alpha value is -1.00. The highest BCUT2D eigenvalue weighted by Crippen LogP contribution is 2.50. The number of halogens is 2. The molecule has 0 unspecified atom stereocenters. The minimum atomic E-state index is -0.400. The molecule has 0 aromatic heterocycles. The first-order valence-electron chi connectivity index (χ1n) is 7.16. The van der Waals surface area contributed by atoms with Gasteiger partial charge in [0.25, 0.3) is 0 Å². The van der Waals surface area contributed by atoms with Crippen LogP contribution in [0.25, 0.3) is 0 Å². The van der Waals surface area contributed by atoms with Crippen molar-refractivity contribution in [1.82, 2.24) is 0 Å². The Morgan fingerprint density at radius 2 is 1.90 bits per heavy atom. The lowest BCUT2D eigenvalue weighted by molar-refractivity contribution is 0.291. The van der Waals surface area contributed by atoms with Crippen molar-refractivity contribution >= 4 is 11.6 Å². The van der Waals surface area contributed by atoms with E-state index in [1.54, 1.807) is 0 Å². The van der Waals surface area contributed by atoms with E-state index in [0.717, 1.165) is 32.1 Å². The second-order valence-corrected chi connectivity index (χ2v) is 6.02. The lowest BCUT2D eigenvalue weighted by atomic mass is 9.78. The van der Waals surface area contributed by atoms with E-state index >= 15 is 0 Å². The fourth-order valence-electron chi connectivity index (χ4n) is 3.33. The predicted molar refractivity (Wildman–Crippen MR) is 76.2 cm³/mol. The first-order valence-corrected chi connectivity index (χ1v) is 7.54. The van der Waals surface area contributed by atoms with Crippen molar-refractivity contribution in [2.75, 3.05) is 19.8 Å². The van der Waals surface area contributed by atoms with Crippen molar-refractivity contribution in [3.05, 3.63) is 22.5 Å². The number of rotatable bonds is 2. The average molecular weight is 300 g/mol. The SMILES string of the molecule is NCC1(c2c(F)c(Cl)cc3c2OCCCO3)CCCC1. The molecule has 3 rings (SSSR count). The topological polar surface area (TPSA) is 44.5 Å². The number of hydrogen-bond donors (Lipinski definition) is 1. The van der Waals surface area contributed by atoms with Gasteiger partial charge in [0, 0.05) is 30.0 Å². The van der Waals surface area contributed by atoms with Gasteiger partial charge in [-0.3, -0.25) is 0 Å². The van der Waals surface area contributed by atoms with Crippen LogP contribution in [0.3, 0.4) is 0 Å². The van der Waals surface area contributed by atoms with Crippen molar-refractivity contribution in [2.45, 2.75) is 37.5 Å². The Labute approximate surface area is 123 Å². The minimum absolute atomic E-state index is 0.0870. The number of benzene rings is 1. The molecule has 1 heterocycles. The lowest BCUT2D eigenvalue weighted by Gasteiger charge is -2.31. The highest BCUT2D eigenvalue weighted by atomic mass is 35.5. The first kappa shape index (κ1) is 14.0. The van der Waals surface area contributed by atoms with Crippen molar-refractivity contribution < 1.29 is 13.9 Å². The summed E-state index contributed by atoms with van der Waals surface area (Å²) in [6.07, 6.45) is 4.63. The van der Waals surface area contributed by atoms with Crippen LogP contribution in [0.15, 0.2) is 6.07 Å². The van der Waals surface area contributed by atoms with Crippen molar-refractivity contribution in [2.24, 2.45) is 5.73 Å². The third-order valence-electron chi connectivity index (χ3n) is 4.41. The summed E-state index contributed by atoms with van der Waals surface area (Å²) in [6.45, 7) is 1.49. The predicted octanol–water partition coefficient (Wildman–Crippen LogP) is 3.41. The molecule has 3 nitrogen and oxygen atoms in total. The van der Waals surface area contributed by atoms with Gasteiger partial charge in [-0.05, 0) is 12.8 Å². The smallest absolute Gasteiger partial charge is 0.167 e. The molecule has 1 aliphatic carbocycles. The summed E-state index contributed by atoms with van der Waals surface area (Å²) in [4.78, 5) is 0. The summed E-state index contributed by atoms with van der Waals surface area (Å²) in [7, 11) is 0. The molecule has 0 amide bonds. The van der Waals surface area contributed by atoms with Crippen molar-refractivity contribution in [1.29, 1.82) is 0 Å². The van der Waals surface area contributed by atoms with Crippen molar-refractivity contribution in [3.63, 3.8) is 0 Å². The fourth-order valence-corrected chi connectivity index (χ4v) is 3.53. The molecule has 0 saturated heterocycles. The summed E-state index contributed by atoms with van der Waals surface area (Å²) < 4.78 is 26.1. The molecule has 0 radical (unpaired) electrons. The van der Waals surface area contributed by atoms with Crippen LogP contribution >= 0.6 is 11.6 Å². The maximum Gasteiger partial charge on any atom is 0.167 e. The van der Waals surface area contributed by atoms with Gasteiger partial charge in [-0.2, -0.15) is 0 Å². The molecule has 2 N–H and O–H groups in total. The van der Waals surface area contributed by atoms with Crippen molar-refractivity contribution in [3.8, 4) is 11.5 Å². The lowest BCUT2D eigenvalue weighted by Crippen LogP contribution is -2.33. The van der Waals surface area contributed by atoms with Crippen LogP contribution in [-0.4, -0.2) is 19.8 Å². The van der Waals surface area contributed by atoms with Crippen LogP contribution in [0.5, 0.6) is 11.5 Å². The summed E-state index contributed by atoms with van der Waals surface area (Å²) in [5.74, 6) is 0.656. The van der Waals surface area contributed by atoms with E-state index in [1.165, 1.54) is 6.07 Å². The second kappa shape index (κ2) is 5.41. The summed E-state index contributed by atoms with van der Waals surface area (Å²) in [5, 5.41) is 0.0870. The van der Waals surface area contributed by atoms with E-state index in [2.05, 4.69) is 0 Å². The molecule has 2 aliphatic rings. The van der Waals surface area contributed by atoms with Gasteiger partial charge in [-0.1, -0.05) is 24.4 Å². The normalized spacial score (nSPS) is 20.8. The number of hydrogen-bond acceptors (Lipinski definition) is 3. The zero-order valence-electron chi connectivity index (χ0n) is 11.4. The van der Waals surface area contributed by atoms with Gasteiger partial charge in [0.05, 0.1) is 18.2 Å². The van der Waals surface area contributed by atoms with Gasteiger partial charge in [0.2, 0.25) is 0 Å². The second-order valence-electron chi connectivity index (χ2n) is 5.62. The van der Waals surface area contributed by atoms with E-state index in [-0.39, 0.29) is 10.4 Å². The quantitative estimate of drug-likeness (QED) is 0.910. The molecule has 20 heavy (non-hydrogen) atoms. The Bertz CT molecular complexity index is 515. The van der Waals surface area contributed by atoms with Crippen LogP contribution < -0.4 is 15.2 Å². The van der Waals surface area contributed by atoms with Gasteiger partial charge in [0.1, 0.15) is 5.82 Å². The first-order chi connectivity index (χ1) is 9.68. The summed E-state index contributed by atoms with van der Waals surface area (Å²) in [5.41, 5.74) is 6.15. The number of nitrogens with two attached hydrogens (primary N) is 1. The summed E-state index contributed by atoms with van der Waals surface area (Å²) in [6, 6.07) is 1.51. The number of fused-ring (bicyclic) bond motifs is 1. The Morgan fingerprint density at radius 1 is 1.20 bits per heavy atom. The third-order valence-corrected chi connectivity index (χ3v) is 4.69. The van der Waals surface area contributed by atoms with Crippen LogP contribution in [0.1, 0.15) is 37.7 Å². The van der Waals surface area contributed by atoms with E-state index < -0.39 is 5.82 Å². The molecule has 1 fully saturated rings. The van der Waals surface area contributed by atoms with E-state index in [0.29, 0.717) is 36.8 Å². The highest BCUT2D eigenvalue weighted by Gasteiger charge is 2.41. The molecule has 1 aromatic rings. The zero-order chi connectivity index (χ0) is 14.2. The molecule has 0 bridgehead atoms. The monoisotopic (exact) mass is 299 g/mol. The zero-order valence-corrected chi connectivity index (χ0v) is 12.1. The number of ether oxygens (including phenoxy) is 2. The molecule has 0 atom stereocenters. The maximum absolute atomic E-state index is 14.7. The van der Waals surface area contributed by atoms with E-state index in [4.69, 9.17) is 26.8 Å². The molecule has 1 saturated carbocycles. The van der Waals surface area contributed by atoms with Gasteiger partial charge >= 0.3 is 0 Å². The molecule has 5 heteroatoms. The third kappa shape index (κ3) is 2.15. The Kier molecular flexibility index (Phi) is 3.78. The maximum atomic E-state index is 14.7. The Balaban J connectivity index is 2.20. The highest BCUT2D eigenvalue weighted by molar-refractivity contribution is 6.31. The van der Waals surface area contributed by atoms with E-state index in [1.807, 2.05) is 0 Å². The summed E-state index contributed by atoms with van der Waals surface area (Å²) >= 11 is 6.05. The molecule has 1 aliphatic heterocycles. The largest absolute Gasteiger partial charge is 0.489 e. The van der Waals surface area contributed by atoms with Gasteiger partial charge < -0.3 is 15.2 Å². The molecule has 1 aromatic carbocycles. The minimum Gasteiger partial charge on any atom is -0.489 e. The van der Waals surface area contributed by atoms with Crippen LogP contribution in [0.4, 0.5) is 4.39 Å². The van der Waals surface area contributed by atoms with Crippen LogP contribution in [-0.2, 0) is 5.41 Å². The fraction of sp³-hybridized carbons (Fsp3) is 0.600. The molecular weight excluding hydrogens is 281 g/mol. The molecular formula is C15H19ClFNO2. The van der Waals surface area contributed by atoms with E-state index in [9.17, 15) is 4.39 Å². The Morgan fingerprint density at radius 3 is 2.60 bits per heavy atom.